The van der Waals surface area contributed by atoms with Crippen molar-refractivity contribution in [2.24, 2.45) is 0 Å². The molecule has 0 saturated heterocycles. The zero-order valence-electron chi connectivity index (χ0n) is 9.01. The Morgan fingerprint density at radius 1 is 1.29 bits per heavy atom. The molecule has 0 aromatic carbocycles. The molecule has 2 aromatic heterocycles. The molecule has 0 aliphatic rings. The van der Waals surface area contributed by atoms with Gasteiger partial charge in [-0.2, -0.15) is 5.26 Å². The van der Waals surface area contributed by atoms with Crippen molar-refractivity contribution < 1.29 is 0 Å². The minimum atomic E-state index is 0.530. The second kappa shape index (κ2) is 5.17. The van der Waals surface area contributed by atoms with Crippen LogP contribution in [0.1, 0.15) is 11.3 Å². The Kier molecular flexibility index (Phi) is 3.62. The molecule has 0 aliphatic heterocycles. The summed E-state index contributed by atoms with van der Waals surface area (Å²) in [5.74, 6) is 0. The normalized spacial score (nSPS) is 9.94. The van der Waals surface area contributed by atoms with Gasteiger partial charge in [-0.15, -0.1) is 0 Å². The van der Waals surface area contributed by atoms with Crippen LogP contribution in [-0.4, -0.2) is 9.97 Å². The fourth-order valence-corrected chi connectivity index (χ4v) is 2.35. The minimum Gasteiger partial charge on any atom is -0.248 e. The average molecular weight is 262 g/mol. The summed E-state index contributed by atoms with van der Waals surface area (Å²) >= 11 is 7.32. The number of pyridine rings is 2. The third-order valence-corrected chi connectivity index (χ3v) is 3.48. The topological polar surface area (TPSA) is 49.6 Å². The van der Waals surface area contributed by atoms with Crippen molar-refractivity contribution in [1.29, 1.82) is 5.26 Å². The number of hydrogen-bond donors (Lipinski definition) is 0. The quantitative estimate of drug-likeness (QED) is 0.831. The van der Waals surface area contributed by atoms with Gasteiger partial charge in [0.15, 0.2) is 0 Å². The van der Waals surface area contributed by atoms with Gasteiger partial charge in [-0.1, -0.05) is 11.6 Å². The maximum absolute atomic E-state index is 9.00. The van der Waals surface area contributed by atoms with Crippen LogP contribution in [0.15, 0.2) is 40.5 Å². The Labute approximate surface area is 108 Å². The molecule has 0 aliphatic carbocycles. The van der Waals surface area contributed by atoms with Crippen molar-refractivity contribution in [3.63, 3.8) is 0 Å². The molecule has 17 heavy (non-hydrogen) atoms. The Balaban J connectivity index is 2.40. The molecule has 0 fully saturated rings. The number of nitrogens with zero attached hydrogens (tertiary/aromatic N) is 3. The number of hydrogen-bond acceptors (Lipinski definition) is 4. The van der Waals surface area contributed by atoms with E-state index in [-0.39, 0.29) is 0 Å². The fourth-order valence-electron chi connectivity index (χ4n) is 1.23. The van der Waals surface area contributed by atoms with Gasteiger partial charge in [-0.25, -0.2) is 9.97 Å². The summed E-state index contributed by atoms with van der Waals surface area (Å²) in [6.07, 6.45) is 1.66. The molecule has 0 atom stereocenters. The van der Waals surface area contributed by atoms with E-state index in [4.69, 9.17) is 16.9 Å². The van der Waals surface area contributed by atoms with Crippen LogP contribution in [0, 0.1) is 18.3 Å². The molecule has 5 heteroatoms. The van der Waals surface area contributed by atoms with E-state index in [0.717, 1.165) is 5.69 Å². The van der Waals surface area contributed by atoms with Gasteiger partial charge in [0.1, 0.15) is 16.1 Å². The van der Waals surface area contributed by atoms with Crippen LogP contribution >= 0.6 is 23.4 Å². The predicted molar refractivity (Wildman–Crippen MR) is 67.1 cm³/mol. The monoisotopic (exact) mass is 261 g/mol. The smallest absolute Gasteiger partial charge is 0.121 e. The summed E-state index contributed by atoms with van der Waals surface area (Å²) in [6.45, 7) is 1.88. The van der Waals surface area contributed by atoms with E-state index in [1.807, 2.05) is 13.0 Å². The first kappa shape index (κ1) is 11.9. The van der Waals surface area contributed by atoms with Gasteiger partial charge in [0.05, 0.1) is 10.6 Å². The summed E-state index contributed by atoms with van der Waals surface area (Å²) in [5, 5.41) is 10.8. The number of halogens is 1. The van der Waals surface area contributed by atoms with E-state index in [1.165, 1.54) is 11.8 Å². The van der Waals surface area contributed by atoms with E-state index in [0.29, 0.717) is 20.6 Å². The zero-order chi connectivity index (χ0) is 12.3. The van der Waals surface area contributed by atoms with E-state index in [2.05, 4.69) is 16.0 Å². The molecule has 2 aromatic rings. The number of aryl methyl sites for hydroxylation is 1. The van der Waals surface area contributed by atoms with Gasteiger partial charge in [-0.05, 0) is 43.0 Å². The van der Waals surface area contributed by atoms with Gasteiger partial charge in [0, 0.05) is 11.9 Å². The standard InChI is InChI=1S/C12H8ClN3S/c1-8-4-5-9(7-14)11(16-8)17-12-10(13)3-2-6-15-12/h2-6H,1H3. The van der Waals surface area contributed by atoms with Gasteiger partial charge in [0.2, 0.25) is 0 Å². The molecule has 84 valence electrons. The van der Waals surface area contributed by atoms with Gasteiger partial charge in [0.25, 0.3) is 0 Å². The van der Waals surface area contributed by atoms with Crippen molar-refractivity contribution in [2.75, 3.05) is 0 Å². The molecule has 0 unspecified atom stereocenters. The second-order valence-corrected chi connectivity index (χ2v) is 4.69. The van der Waals surface area contributed by atoms with Gasteiger partial charge < -0.3 is 0 Å². The summed E-state index contributed by atoms with van der Waals surface area (Å²) in [4.78, 5) is 8.48. The third-order valence-electron chi connectivity index (χ3n) is 2.04. The minimum absolute atomic E-state index is 0.530. The van der Waals surface area contributed by atoms with Crippen molar-refractivity contribution in [1.82, 2.24) is 9.97 Å². The van der Waals surface area contributed by atoms with E-state index in [9.17, 15) is 0 Å². The van der Waals surface area contributed by atoms with E-state index < -0.39 is 0 Å². The van der Waals surface area contributed by atoms with Crippen LogP contribution in [0.25, 0.3) is 0 Å². The van der Waals surface area contributed by atoms with Crippen LogP contribution in [0.4, 0.5) is 0 Å². The van der Waals surface area contributed by atoms with Crippen LogP contribution in [0.3, 0.4) is 0 Å². The summed E-state index contributed by atoms with van der Waals surface area (Å²) in [7, 11) is 0. The average Bonchev–Trinajstić information content (AvgIpc) is 2.32. The SMILES string of the molecule is Cc1ccc(C#N)c(Sc2ncccc2Cl)n1. The third kappa shape index (κ3) is 2.76. The Hall–Kier alpha value is -1.57. The van der Waals surface area contributed by atoms with E-state index in [1.54, 1.807) is 24.4 Å². The molecule has 3 nitrogen and oxygen atoms in total. The summed E-state index contributed by atoms with van der Waals surface area (Å²) in [5.41, 5.74) is 1.39. The zero-order valence-corrected chi connectivity index (χ0v) is 10.6. The lowest BCUT2D eigenvalue weighted by Crippen LogP contribution is -1.90. The first-order valence-corrected chi connectivity index (χ1v) is 6.06. The number of rotatable bonds is 2. The first-order valence-electron chi connectivity index (χ1n) is 4.87. The highest BCUT2D eigenvalue weighted by molar-refractivity contribution is 7.99. The molecular weight excluding hydrogens is 254 g/mol. The predicted octanol–water partition coefficient (Wildman–Crippen LogP) is 3.46. The molecule has 0 spiro atoms. The van der Waals surface area contributed by atoms with Crippen molar-refractivity contribution >= 4 is 23.4 Å². The highest BCUT2D eigenvalue weighted by atomic mass is 35.5. The van der Waals surface area contributed by atoms with Crippen LogP contribution in [-0.2, 0) is 0 Å². The van der Waals surface area contributed by atoms with Gasteiger partial charge >= 0.3 is 0 Å². The highest BCUT2D eigenvalue weighted by Gasteiger charge is 2.09. The van der Waals surface area contributed by atoms with Crippen molar-refractivity contribution in [2.45, 2.75) is 17.0 Å². The molecule has 2 rings (SSSR count). The highest BCUT2D eigenvalue weighted by Crippen LogP contribution is 2.31. The molecule has 2 heterocycles. The summed E-state index contributed by atoms with van der Waals surface area (Å²) < 4.78 is 0. The Morgan fingerprint density at radius 2 is 2.12 bits per heavy atom. The van der Waals surface area contributed by atoms with Crippen molar-refractivity contribution in [3.05, 3.63) is 46.7 Å². The molecule has 0 radical (unpaired) electrons. The molecule has 0 bridgehead atoms. The van der Waals surface area contributed by atoms with Crippen LogP contribution in [0.5, 0.6) is 0 Å². The van der Waals surface area contributed by atoms with E-state index >= 15 is 0 Å². The van der Waals surface area contributed by atoms with Crippen LogP contribution in [0.2, 0.25) is 5.02 Å². The Morgan fingerprint density at radius 3 is 2.82 bits per heavy atom. The lowest BCUT2D eigenvalue weighted by Gasteiger charge is -2.04. The number of nitriles is 1. The lowest BCUT2D eigenvalue weighted by molar-refractivity contribution is 1.04. The molecule has 0 N–H and O–H groups in total. The largest absolute Gasteiger partial charge is 0.248 e. The van der Waals surface area contributed by atoms with Gasteiger partial charge in [-0.3, -0.25) is 0 Å². The lowest BCUT2D eigenvalue weighted by atomic mass is 10.3. The maximum Gasteiger partial charge on any atom is 0.121 e. The molecular formula is C12H8ClN3S. The maximum atomic E-state index is 9.00. The summed E-state index contributed by atoms with van der Waals surface area (Å²) in [6, 6.07) is 9.20. The first-order chi connectivity index (χ1) is 8.20. The van der Waals surface area contributed by atoms with Crippen LogP contribution < -0.4 is 0 Å². The second-order valence-electron chi connectivity index (χ2n) is 3.31. The molecule has 0 amide bonds. The fraction of sp³-hybridized carbons (Fsp3) is 0.0833. The molecule has 0 saturated carbocycles. The Bertz CT molecular complexity index is 593. The number of aromatic nitrogens is 2. The van der Waals surface area contributed by atoms with Crippen molar-refractivity contribution in [3.8, 4) is 6.07 Å².